The SMILES string of the molecule is CCCC=CC(O)C(COC1OC(CO)C(OC2OC(CO)C(O)C(O)C2O)C(O)C1O)NC(=O)CCCCCCCCCCCCCCCCCCCCCCC. The van der Waals surface area contributed by atoms with Crippen molar-refractivity contribution < 1.29 is 64.6 Å². The van der Waals surface area contributed by atoms with E-state index >= 15 is 0 Å². The van der Waals surface area contributed by atoms with E-state index in [1.165, 1.54) is 109 Å². The third-order valence-electron chi connectivity index (χ3n) is 11.5. The fourth-order valence-electron chi connectivity index (χ4n) is 7.65. The van der Waals surface area contributed by atoms with Crippen LogP contribution < -0.4 is 5.32 Å². The molecule has 0 saturated carbocycles. The van der Waals surface area contributed by atoms with Gasteiger partial charge in [0.25, 0.3) is 0 Å². The number of ether oxygens (including phenoxy) is 4. The van der Waals surface area contributed by atoms with E-state index in [9.17, 15) is 45.6 Å². The number of allylic oxidation sites excluding steroid dienone is 1. The van der Waals surface area contributed by atoms with E-state index in [-0.39, 0.29) is 18.9 Å². The first kappa shape index (κ1) is 52.9. The molecule has 12 atom stereocenters. The van der Waals surface area contributed by atoms with Crippen molar-refractivity contribution in [2.75, 3.05) is 19.8 Å². The van der Waals surface area contributed by atoms with Gasteiger partial charge in [-0.2, -0.15) is 0 Å². The molecule has 0 aliphatic carbocycles. The van der Waals surface area contributed by atoms with Gasteiger partial charge >= 0.3 is 0 Å². The fourth-order valence-corrected chi connectivity index (χ4v) is 7.65. The number of nitrogens with one attached hydrogen (secondary N) is 1. The number of hydrogen-bond donors (Lipinski definition) is 9. The van der Waals surface area contributed by atoms with Crippen molar-refractivity contribution in [1.29, 1.82) is 0 Å². The van der Waals surface area contributed by atoms with Gasteiger partial charge in [-0.1, -0.05) is 161 Å². The molecule has 342 valence electrons. The minimum Gasteiger partial charge on any atom is -0.394 e. The number of aliphatic hydroxyl groups is 8. The third-order valence-corrected chi connectivity index (χ3v) is 11.5. The van der Waals surface area contributed by atoms with Gasteiger partial charge in [-0.05, 0) is 12.8 Å². The molecule has 0 aromatic rings. The molecule has 0 aromatic carbocycles. The van der Waals surface area contributed by atoms with Crippen LogP contribution in [0.5, 0.6) is 0 Å². The van der Waals surface area contributed by atoms with E-state index in [0.29, 0.717) is 6.42 Å². The van der Waals surface area contributed by atoms with Crippen molar-refractivity contribution in [2.45, 2.75) is 242 Å². The molecular formula is C44H83NO13. The average Bonchev–Trinajstić information content (AvgIpc) is 3.22. The molecule has 0 aromatic heterocycles. The molecule has 0 radical (unpaired) electrons. The third kappa shape index (κ3) is 20.5. The molecule has 0 bridgehead atoms. The second-order valence-electron chi connectivity index (χ2n) is 16.5. The summed E-state index contributed by atoms with van der Waals surface area (Å²) in [6.45, 7) is 2.55. The first-order valence-electron chi connectivity index (χ1n) is 22.9. The van der Waals surface area contributed by atoms with Gasteiger partial charge in [0, 0.05) is 6.42 Å². The van der Waals surface area contributed by atoms with Crippen LogP contribution in [0, 0.1) is 0 Å². The highest BCUT2D eigenvalue weighted by Gasteiger charge is 2.50. The summed E-state index contributed by atoms with van der Waals surface area (Å²) in [6.07, 6.45) is 15.2. The molecule has 0 spiro atoms. The summed E-state index contributed by atoms with van der Waals surface area (Å²) in [4.78, 5) is 12.9. The Bertz CT molecular complexity index is 1040. The molecule has 2 heterocycles. The summed E-state index contributed by atoms with van der Waals surface area (Å²) >= 11 is 0. The van der Waals surface area contributed by atoms with Crippen molar-refractivity contribution in [3.8, 4) is 0 Å². The molecule has 2 aliphatic rings. The van der Waals surface area contributed by atoms with Crippen LogP contribution in [0.3, 0.4) is 0 Å². The van der Waals surface area contributed by atoms with Crippen molar-refractivity contribution in [3.63, 3.8) is 0 Å². The van der Waals surface area contributed by atoms with Gasteiger partial charge in [0.1, 0.15) is 48.8 Å². The largest absolute Gasteiger partial charge is 0.394 e. The molecular weight excluding hydrogens is 750 g/mol. The lowest BCUT2D eigenvalue weighted by molar-refractivity contribution is -0.359. The highest BCUT2D eigenvalue weighted by atomic mass is 16.7. The lowest BCUT2D eigenvalue weighted by Crippen LogP contribution is -2.65. The number of amides is 1. The standard InChI is InChI=1S/C44H83NO13/c1-3-5-7-8-9-10-11-12-13-14-15-16-17-18-19-20-21-22-23-24-26-28-36(49)45-32(33(48)27-25-6-4-2)31-55-43-41(54)39(52)42(35(30-47)57-43)58-44-40(53)38(51)37(50)34(29-46)56-44/h25,27,32-35,37-44,46-48,50-54H,3-24,26,28-31H2,1-2H3,(H,45,49). The van der Waals surface area contributed by atoms with Crippen LogP contribution in [-0.2, 0) is 23.7 Å². The second-order valence-corrected chi connectivity index (χ2v) is 16.5. The molecule has 58 heavy (non-hydrogen) atoms. The van der Waals surface area contributed by atoms with Crippen LogP contribution in [0.4, 0.5) is 0 Å². The summed E-state index contributed by atoms with van der Waals surface area (Å²) in [7, 11) is 0. The molecule has 14 heteroatoms. The Kier molecular flexibility index (Phi) is 29.6. The number of carbonyl (C=O) groups excluding carboxylic acids is 1. The van der Waals surface area contributed by atoms with Gasteiger partial charge < -0.3 is 65.1 Å². The van der Waals surface area contributed by atoms with Gasteiger partial charge in [-0.3, -0.25) is 4.79 Å². The van der Waals surface area contributed by atoms with Gasteiger partial charge in [0.05, 0.1) is 32.0 Å². The van der Waals surface area contributed by atoms with Crippen LogP contribution >= 0.6 is 0 Å². The Balaban J connectivity index is 1.67. The summed E-state index contributed by atoms with van der Waals surface area (Å²) < 4.78 is 22.4. The predicted molar refractivity (Wildman–Crippen MR) is 222 cm³/mol. The summed E-state index contributed by atoms with van der Waals surface area (Å²) in [5.74, 6) is -0.249. The first-order chi connectivity index (χ1) is 28.1. The highest BCUT2D eigenvalue weighted by molar-refractivity contribution is 5.76. The lowest BCUT2D eigenvalue weighted by Gasteiger charge is -2.46. The molecule has 14 nitrogen and oxygen atoms in total. The number of unbranched alkanes of at least 4 members (excludes halogenated alkanes) is 21. The Morgan fingerprint density at radius 3 is 1.55 bits per heavy atom. The van der Waals surface area contributed by atoms with Crippen LogP contribution in [0.25, 0.3) is 0 Å². The molecule has 2 saturated heterocycles. The summed E-state index contributed by atoms with van der Waals surface area (Å²) in [5, 5.41) is 85.7. The van der Waals surface area contributed by atoms with Crippen LogP contribution in [0.2, 0.25) is 0 Å². The van der Waals surface area contributed by atoms with Gasteiger partial charge in [-0.15, -0.1) is 0 Å². The zero-order valence-corrected chi connectivity index (χ0v) is 35.8. The number of aliphatic hydroxyl groups excluding tert-OH is 8. The minimum atomic E-state index is -1.78. The maximum Gasteiger partial charge on any atom is 0.220 e. The zero-order chi connectivity index (χ0) is 42.5. The van der Waals surface area contributed by atoms with Gasteiger partial charge in [0.2, 0.25) is 5.91 Å². The molecule has 2 rings (SSSR count). The Hall–Kier alpha value is -1.27. The minimum absolute atomic E-state index is 0.249. The molecule has 1 amide bonds. The van der Waals surface area contributed by atoms with Crippen LogP contribution in [0.1, 0.15) is 168 Å². The number of carbonyl (C=O) groups is 1. The van der Waals surface area contributed by atoms with E-state index in [1.54, 1.807) is 6.08 Å². The zero-order valence-electron chi connectivity index (χ0n) is 35.8. The van der Waals surface area contributed by atoms with Crippen molar-refractivity contribution in [1.82, 2.24) is 5.32 Å². The number of rotatable bonds is 34. The Labute approximate surface area is 348 Å². The van der Waals surface area contributed by atoms with E-state index in [1.807, 2.05) is 13.0 Å². The molecule has 2 fully saturated rings. The second kappa shape index (κ2) is 32.4. The summed E-state index contributed by atoms with van der Waals surface area (Å²) in [6, 6.07) is -0.904. The first-order valence-corrected chi connectivity index (χ1v) is 22.9. The topological polar surface area (TPSA) is 228 Å². The van der Waals surface area contributed by atoms with Crippen molar-refractivity contribution >= 4 is 5.91 Å². The molecule has 2 aliphatic heterocycles. The van der Waals surface area contributed by atoms with E-state index in [0.717, 1.165) is 32.1 Å². The maximum absolute atomic E-state index is 12.9. The van der Waals surface area contributed by atoms with Crippen molar-refractivity contribution in [3.05, 3.63) is 12.2 Å². The fraction of sp³-hybridized carbons (Fsp3) is 0.932. The van der Waals surface area contributed by atoms with E-state index < -0.39 is 86.8 Å². The van der Waals surface area contributed by atoms with Gasteiger partial charge in [-0.25, -0.2) is 0 Å². The van der Waals surface area contributed by atoms with E-state index in [4.69, 9.17) is 18.9 Å². The monoisotopic (exact) mass is 834 g/mol. The predicted octanol–water partition coefficient (Wildman–Crippen LogP) is 4.43. The Morgan fingerprint density at radius 1 is 0.603 bits per heavy atom. The number of hydrogen-bond acceptors (Lipinski definition) is 13. The lowest BCUT2D eigenvalue weighted by atomic mass is 9.97. The maximum atomic E-state index is 12.9. The van der Waals surface area contributed by atoms with E-state index in [2.05, 4.69) is 12.2 Å². The molecule has 12 unspecified atom stereocenters. The van der Waals surface area contributed by atoms with Crippen LogP contribution in [0.15, 0.2) is 12.2 Å². The van der Waals surface area contributed by atoms with Crippen molar-refractivity contribution in [2.24, 2.45) is 0 Å². The van der Waals surface area contributed by atoms with Gasteiger partial charge in [0.15, 0.2) is 12.6 Å². The quantitative estimate of drug-likeness (QED) is 0.0324. The molecule has 9 N–H and O–H groups in total. The van der Waals surface area contributed by atoms with Crippen LogP contribution in [-0.4, -0.2) is 140 Å². The average molecular weight is 834 g/mol. The smallest absolute Gasteiger partial charge is 0.220 e. The normalized spacial score (nSPS) is 28.9. The highest BCUT2D eigenvalue weighted by Crippen LogP contribution is 2.30. The summed E-state index contributed by atoms with van der Waals surface area (Å²) in [5.41, 5.74) is 0. The Morgan fingerprint density at radius 2 is 1.07 bits per heavy atom.